The lowest BCUT2D eigenvalue weighted by molar-refractivity contribution is 0.0393. The van der Waals surface area contributed by atoms with Crippen LogP contribution in [0.1, 0.15) is 17.3 Å². The molecule has 1 amide bonds. The largest absolute Gasteiger partial charge is 0.378 e. The third-order valence-corrected chi connectivity index (χ3v) is 6.47. The van der Waals surface area contributed by atoms with Gasteiger partial charge in [-0.05, 0) is 37.3 Å². The summed E-state index contributed by atoms with van der Waals surface area (Å²) in [6, 6.07) is 12.6. The van der Waals surface area contributed by atoms with Crippen LogP contribution < -0.4 is 5.32 Å². The van der Waals surface area contributed by atoms with E-state index in [9.17, 15) is 13.2 Å². The molecule has 1 N–H and O–H groups in total. The third-order valence-electron chi connectivity index (χ3n) is 4.13. The van der Waals surface area contributed by atoms with Crippen molar-refractivity contribution in [3.05, 3.63) is 59.1 Å². The minimum absolute atomic E-state index is 0.0815. The average molecular weight is 395 g/mol. The number of amides is 1. The molecule has 0 radical (unpaired) electrons. The number of benzene rings is 2. The van der Waals surface area contributed by atoms with E-state index >= 15 is 0 Å². The molecule has 0 aromatic heterocycles. The smallest absolute Gasteiger partial charge is 0.255 e. The van der Waals surface area contributed by atoms with E-state index in [0.717, 1.165) is 0 Å². The van der Waals surface area contributed by atoms with Crippen molar-refractivity contribution < 1.29 is 17.9 Å². The van der Waals surface area contributed by atoms with Crippen molar-refractivity contribution in [3.8, 4) is 0 Å². The SMILES string of the molecule is CC1COCCN1S(=O)(=O)c1cccc(C(=O)Nc2ccccc2Cl)c1. The molecule has 0 bridgehead atoms. The number of carbonyl (C=O) groups is 1. The topological polar surface area (TPSA) is 75.7 Å². The van der Waals surface area contributed by atoms with E-state index in [1.165, 1.54) is 16.4 Å². The van der Waals surface area contributed by atoms with Gasteiger partial charge in [-0.2, -0.15) is 4.31 Å². The molecule has 1 unspecified atom stereocenters. The summed E-state index contributed by atoms with van der Waals surface area (Å²) in [6.07, 6.45) is 0. The molecule has 138 valence electrons. The zero-order chi connectivity index (χ0) is 18.7. The van der Waals surface area contributed by atoms with Gasteiger partial charge in [-0.1, -0.05) is 29.8 Å². The van der Waals surface area contributed by atoms with Gasteiger partial charge in [-0.15, -0.1) is 0 Å². The van der Waals surface area contributed by atoms with Gasteiger partial charge in [0, 0.05) is 18.2 Å². The molecule has 2 aromatic rings. The van der Waals surface area contributed by atoms with Gasteiger partial charge in [0.2, 0.25) is 10.0 Å². The van der Waals surface area contributed by atoms with Gasteiger partial charge in [-0.3, -0.25) is 4.79 Å². The lowest BCUT2D eigenvalue weighted by Crippen LogP contribution is -2.46. The Labute approximate surface area is 157 Å². The lowest BCUT2D eigenvalue weighted by atomic mass is 10.2. The summed E-state index contributed by atoms with van der Waals surface area (Å²) >= 11 is 6.05. The number of carbonyl (C=O) groups excluding carboxylic acids is 1. The first-order valence-electron chi connectivity index (χ1n) is 8.15. The monoisotopic (exact) mass is 394 g/mol. The van der Waals surface area contributed by atoms with Crippen molar-refractivity contribution in [2.45, 2.75) is 17.9 Å². The van der Waals surface area contributed by atoms with Crippen LogP contribution in [0.25, 0.3) is 0 Å². The molecule has 8 heteroatoms. The van der Waals surface area contributed by atoms with Gasteiger partial charge in [0.15, 0.2) is 0 Å². The van der Waals surface area contributed by atoms with Gasteiger partial charge < -0.3 is 10.1 Å². The molecule has 6 nitrogen and oxygen atoms in total. The van der Waals surface area contributed by atoms with Crippen LogP contribution in [0.2, 0.25) is 5.02 Å². The van der Waals surface area contributed by atoms with Crippen molar-refractivity contribution in [2.75, 3.05) is 25.1 Å². The lowest BCUT2D eigenvalue weighted by Gasteiger charge is -2.32. The molecule has 0 spiro atoms. The van der Waals surface area contributed by atoms with E-state index in [2.05, 4.69) is 5.32 Å². The Bertz CT molecular complexity index is 917. The van der Waals surface area contributed by atoms with Crippen LogP contribution in [-0.2, 0) is 14.8 Å². The molecule has 1 atom stereocenters. The second-order valence-corrected chi connectivity index (χ2v) is 8.30. The minimum atomic E-state index is -3.70. The van der Waals surface area contributed by atoms with E-state index in [1.54, 1.807) is 43.3 Å². The van der Waals surface area contributed by atoms with Crippen molar-refractivity contribution in [2.24, 2.45) is 0 Å². The van der Waals surface area contributed by atoms with Gasteiger partial charge in [-0.25, -0.2) is 8.42 Å². The van der Waals surface area contributed by atoms with Crippen molar-refractivity contribution in [3.63, 3.8) is 0 Å². The van der Waals surface area contributed by atoms with E-state index < -0.39 is 15.9 Å². The first-order valence-corrected chi connectivity index (χ1v) is 9.97. The summed E-state index contributed by atoms with van der Waals surface area (Å²) in [7, 11) is -3.70. The molecule has 1 aliphatic rings. The van der Waals surface area contributed by atoms with E-state index in [0.29, 0.717) is 30.5 Å². The number of rotatable bonds is 4. The van der Waals surface area contributed by atoms with Crippen LogP contribution in [0.4, 0.5) is 5.69 Å². The summed E-state index contributed by atoms with van der Waals surface area (Å²) in [4.78, 5) is 12.6. The first-order chi connectivity index (χ1) is 12.4. The fourth-order valence-electron chi connectivity index (χ4n) is 2.76. The fraction of sp³-hybridized carbons (Fsp3) is 0.278. The Morgan fingerprint density at radius 1 is 1.23 bits per heavy atom. The number of nitrogens with one attached hydrogen (secondary N) is 1. The summed E-state index contributed by atoms with van der Waals surface area (Å²) in [5, 5.41) is 3.10. The normalized spacial score (nSPS) is 18.5. The molecule has 3 rings (SSSR count). The second kappa shape index (κ2) is 7.75. The highest BCUT2D eigenvalue weighted by atomic mass is 35.5. The Morgan fingerprint density at radius 2 is 2.00 bits per heavy atom. The Morgan fingerprint density at radius 3 is 2.73 bits per heavy atom. The standard InChI is InChI=1S/C18H19ClN2O4S/c1-13-12-25-10-9-21(13)26(23,24)15-6-4-5-14(11-15)18(22)20-17-8-3-2-7-16(17)19/h2-8,11,13H,9-10,12H2,1H3,(H,20,22). The highest BCUT2D eigenvalue weighted by molar-refractivity contribution is 7.89. The average Bonchev–Trinajstić information content (AvgIpc) is 2.64. The zero-order valence-corrected chi connectivity index (χ0v) is 15.8. The number of hydrogen-bond donors (Lipinski definition) is 1. The number of para-hydroxylation sites is 1. The van der Waals surface area contributed by atoms with Crippen LogP contribution >= 0.6 is 11.6 Å². The highest BCUT2D eigenvalue weighted by Crippen LogP contribution is 2.24. The Hall–Kier alpha value is -1.93. The van der Waals surface area contributed by atoms with Gasteiger partial charge in [0.1, 0.15) is 0 Å². The summed E-state index contributed by atoms with van der Waals surface area (Å²) < 4.78 is 32.5. The van der Waals surface area contributed by atoms with E-state index in [1.807, 2.05) is 0 Å². The molecular weight excluding hydrogens is 376 g/mol. The van der Waals surface area contributed by atoms with Crippen LogP contribution in [0.15, 0.2) is 53.4 Å². The predicted molar refractivity (Wildman–Crippen MR) is 100 cm³/mol. The summed E-state index contributed by atoms with van der Waals surface area (Å²) in [6.45, 7) is 2.80. The van der Waals surface area contributed by atoms with E-state index in [-0.39, 0.29) is 16.5 Å². The molecule has 0 saturated carbocycles. The molecular formula is C18H19ClN2O4S. The Kier molecular flexibility index (Phi) is 5.62. The number of anilines is 1. The third kappa shape index (κ3) is 3.91. The highest BCUT2D eigenvalue weighted by Gasteiger charge is 2.31. The number of nitrogens with zero attached hydrogens (tertiary/aromatic N) is 1. The van der Waals surface area contributed by atoms with Gasteiger partial charge in [0.25, 0.3) is 5.91 Å². The van der Waals surface area contributed by atoms with Gasteiger partial charge in [0.05, 0.1) is 28.8 Å². The number of halogens is 1. The minimum Gasteiger partial charge on any atom is -0.378 e. The van der Waals surface area contributed by atoms with Crippen molar-refractivity contribution in [1.82, 2.24) is 4.31 Å². The quantitative estimate of drug-likeness (QED) is 0.864. The zero-order valence-electron chi connectivity index (χ0n) is 14.2. The maximum atomic E-state index is 12.9. The van der Waals surface area contributed by atoms with Crippen molar-refractivity contribution in [1.29, 1.82) is 0 Å². The molecule has 26 heavy (non-hydrogen) atoms. The Balaban J connectivity index is 1.86. The van der Waals surface area contributed by atoms with Crippen LogP contribution in [-0.4, -0.2) is 44.4 Å². The number of sulfonamides is 1. The van der Waals surface area contributed by atoms with Crippen LogP contribution in [0.3, 0.4) is 0 Å². The number of morpholine rings is 1. The first kappa shape index (κ1) is 18.8. The number of hydrogen-bond acceptors (Lipinski definition) is 4. The summed E-state index contributed by atoms with van der Waals surface area (Å²) in [5.41, 5.74) is 0.709. The van der Waals surface area contributed by atoms with Crippen molar-refractivity contribution >= 4 is 33.2 Å². The summed E-state index contributed by atoms with van der Waals surface area (Å²) in [5.74, 6) is -0.426. The second-order valence-electron chi connectivity index (χ2n) is 6.00. The number of ether oxygens (including phenoxy) is 1. The predicted octanol–water partition coefficient (Wildman–Crippen LogP) is 3.00. The van der Waals surface area contributed by atoms with Crippen LogP contribution in [0.5, 0.6) is 0 Å². The fourth-order valence-corrected chi connectivity index (χ4v) is 4.59. The molecule has 1 saturated heterocycles. The molecule has 1 fully saturated rings. The molecule has 0 aliphatic carbocycles. The van der Waals surface area contributed by atoms with E-state index in [4.69, 9.17) is 16.3 Å². The molecule has 2 aromatic carbocycles. The maximum absolute atomic E-state index is 12.9. The maximum Gasteiger partial charge on any atom is 0.255 e. The van der Waals surface area contributed by atoms with Gasteiger partial charge >= 0.3 is 0 Å². The molecule has 1 aliphatic heterocycles. The van der Waals surface area contributed by atoms with Crippen LogP contribution in [0, 0.1) is 0 Å². The molecule has 1 heterocycles.